The van der Waals surface area contributed by atoms with E-state index in [9.17, 15) is 28.6 Å². The molecule has 3 rings (SSSR count). The summed E-state index contributed by atoms with van der Waals surface area (Å²) in [5.41, 5.74) is 1.50. The van der Waals surface area contributed by atoms with E-state index in [1.165, 1.54) is 54.0 Å². The summed E-state index contributed by atoms with van der Waals surface area (Å²) in [5.74, 6) is -2.55. The van der Waals surface area contributed by atoms with E-state index in [0.29, 0.717) is 22.2 Å². The van der Waals surface area contributed by atoms with Gasteiger partial charge in [-0.3, -0.25) is 14.2 Å². The summed E-state index contributed by atoms with van der Waals surface area (Å²) in [6, 6.07) is 9.57. The van der Waals surface area contributed by atoms with Crippen LogP contribution in [-0.2, 0) is 4.79 Å². The largest absolute Gasteiger partial charge is 0.508 e. The van der Waals surface area contributed by atoms with E-state index in [1.807, 2.05) is 0 Å². The molecule has 0 amide bonds. The van der Waals surface area contributed by atoms with Crippen molar-refractivity contribution in [3.8, 4) is 11.5 Å². The van der Waals surface area contributed by atoms with Crippen molar-refractivity contribution in [3.05, 3.63) is 59.3 Å². The molecular weight excluding hydrogens is 372 g/mol. The summed E-state index contributed by atoms with van der Waals surface area (Å²) in [6.07, 6.45) is 0. The van der Waals surface area contributed by atoms with Crippen LogP contribution in [0.25, 0.3) is 10.9 Å². The van der Waals surface area contributed by atoms with E-state index >= 15 is 0 Å². The minimum absolute atomic E-state index is 0.0514. The van der Waals surface area contributed by atoms with Crippen LogP contribution >= 0.6 is 0 Å². The van der Waals surface area contributed by atoms with Gasteiger partial charge in [-0.05, 0) is 61.9 Å². The number of carboxylic acid groups (broad SMARTS) is 1. The number of halogens is 2. The van der Waals surface area contributed by atoms with Gasteiger partial charge < -0.3 is 14.9 Å². The molecule has 0 saturated heterocycles. The molecule has 0 fully saturated rings. The summed E-state index contributed by atoms with van der Waals surface area (Å²) in [7, 11) is 0. The van der Waals surface area contributed by atoms with Crippen LogP contribution in [0.1, 0.15) is 34.5 Å². The van der Waals surface area contributed by atoms with Crippen molar-refractivity contribution in [1.82, 2.24) is 4.57 Å². The number of aromatic hydroxyl groups is 1. The third-order valence-electron chi connectivity index (χ3n) is 4.57. The van der Waals surface area contributed by atoms with E-state index in [-0.39, 0.29) is 17.1 Å². The maximum absolute atomic E-state index is 13.1. The number of carboxylic acids is 1. The highest BCUT2D eigenvalue weighted by atomic mass is 19.3. The molecule has 2 aromatic carbocycles. The molecule has 2 N–H and O–H groups in total. The van der Waals surface area contributed by atoms with Crippen LogP contribution in [-0.4, -0.2) is 33.3 Å². The molecule has 0 aliphatic carbocycles. The molecule has 3 aromatic rings. The smallest absolute Gasteiger partial charge is 0.387 e. The van der Waals surface area contributed by atoms with E-state index < -0.39 is 24.4 Å². The second kappa shape index (κ2) is 7.30. The molecule has 6 nitrogen and oxygen atoms in total. The van der Waals surface area contributed by atoms with Crippen LogP contribution < -0.4 is 4.74 Å². The van der Waals surface area contributed by atoms with E-state index in [4.69, 9.17) is 0 Å². The molecule has 0 aliphatic heterocycles. The first-order chi connectivity index (χ1) is 13.2. The number of phenolic OH excluding ortho intramolecular Hbond substituents is 1. The molecule has 0 radical (unpaired) electrons. The Bertz CT molecular complexity index is 1060. The van der Waals surface area contributed by atoms with Crippen LogP contribution in [0, 0.1) is 6.92 Å². The SMILES string of the molecule is Cc1c(C(C)C(=O)O)c2cc(O)ccc2n1C(=O)c1ccc(OC(F)F)cc1. The Morgan fingerprint density at radius 1 is 1.11 bits per heavy atom. The summed E-state index contributed by atoms with van der Waals surface area (Å²) >= 11 is 0. The first-order valence-electron chi connectivity index (χ1n) is 8.37. The van der Waals surface area contributed by atoms with Crippen molar-refractivity contribution in [2.45, 2.75) is 26.4 Å². The molecule has 1 unspecified atom stereocenters. The maximum atomic E-state index is 13.1. The highest BCUT2D eigenvalue weighted by Gasteiger charge is 2.26. The zero-order valence-corrected chi connectivity index (χ0v) is 15.0. The number of hydrogen-bond donors (Lipinski definition) is 2. The molecule has 1 atom stereocenters. The van der Waals surface area contributed by atoms with Gasteiger partial charge in [-0.1, -0.05) is 0 Å². The van der Waals surface area contributed by atoms with Gasteiger partial charge in [0.25, 0.3) is 5.91 Å². The molecule has 0 aliphatic rings. The normalized spacial score (nSPS) is 12.3. The molecule has 1 aromatic heterocycles. The number of carbonyl (C=O) groups is 2. The zero-order valence-electron chi connectivity index (χ0n) is 15.0. The lowest BCUT2D eigenvalue weighted by molar-refractivity contribution is -0.138. The van der Waals surface area contributed by atoms with Crippen molar-refractivity contribution in [1.29, 1.82) is 0 Å². The predicted octanol–water partition coefficient (Wildman–Crippen LogP) is 4.13. The Balaban J connectivity index is 2.13. The van der Waals surface area contributed by atoms with Crippen LogP contribution in [0.2, 0.25) is 0 Å². The fraction of sp³-hybridized carbons (Fsp3) is 0.200. The third-order valence-corrected chi connectivity index (χ3v) is 4.57. The van der Waals surface area contributed by atoms with Gasteiger partial charge in [0, 0.05) is 16.6 Å². The fourth-order valence-corrected chi connectivity index (χ4v) is 3.27. The van der Waals surface area contributed by atoms with Gasteiger partial charge >= 0.3 is 12.6 Å². The summed E-state index contributed by atoms with van der Waals surface area (Å²) in [6.45, 7) is 0.155. The highest BCUT2D eigenvalue weighted by molar-refractivity contribution is 6.05. The second-order valence-electron chi connectivity index (χ2n) is 6.30. The average molecular weight is 389 g/mol. The number of hydrogen-bond acceptors (Lipinski definition) is 4. The van der Waals surface area contributed by atoms with Crippen LogP contribution in [0.15, 0.2) is 42.5 Å². The van der Waals surface area contributed by atoms with E-state index in [2.05, 4.69) is 4.74 Å². The number of benzene rings is 2. The minimum atomic E-state index is -2.97. The number of fused-ring (bicyclic) bond motifs is 1. The Kier molecular flexibility index (Phi) is 5.04. The lowest BCUT2D eigenvalue weighted by atomic mass is 9.98. The number of phenols is 1. The lowest BCUT2D eigenvalue weighted by Gasteiger charge is -2.10. The van der Waals surface area contributed by atoms with Crippen molar-refractivity contribution in [2.24, 2.45) is 0 Å². The summed E-state index contributed by atoms with van der Waals surface area (Å²) < 4.78 is 30.2. The van der Waals surface area contributed by atoms with Gasteiger partial charge in [-0.25, -0.2) is 0 Å². The Morgan fingerprint density at radius 2 is 1.75 bits per heavy atom. The van der Waals surface area contributed by atoms with Gasteiger partial charge in [0.05, 0.1) is 11.4 Å². The second-order valence-corrected chi connectivity index (χ2v) is 6.30. The molecule has 146 valence electrons. The van der Waals surface area contributed by atoms with Gasteiger partial charge in [-0.15, -0.1) is 0 Å². The number of aromatic nitrogens is 1. The molecule has 8 heteroatoms. The van der Waals surface area contributed by atoms with Gasteiger partial charge in [0.15, 0.2) is 0 Å². The summed E-state index contributed by atoms with van der Waals surface area (Å²) in [5, 5.41) is 19.7. The lowest BCUT2D eigenvalue weighted by Crippen LogP contribution is -2.15. The molecule has 0 saturated carbocycles. The third kappa shape index (κ3) is 3.40. The summed E-state index contributed by atoms with van der Waals surface area (Å²) in [4.78, 5) is 24.6. The first-order valence-corrected chi connectivity index (χ1v) is 8.37. The number of rotatable bonds is 5. The van der Waals surface area contributed by atoms with Crippen molar-refractivity contribution in [2.75, 3.05) is 0 Å². The topological polar surface area (TPSA) is 88.8 Å². The average Bonchev–Trinajstić information content (AvgIpc) is 2.91. The maximum Gasteiger partial charge on any atom is 0.387 e. The Morgan fingerprint density at radius 3 is 2.32 bits per heavy atom. The Labute approximate surface area is 158 Å². The van der Waals surface area contributed by atoms with Gasteiger partial charge in [-0.2, -0.15) is 8.78 Å². The van der Waals surface area contributed by atoms with Crippen molar-refractivity contribution in [3.63, 3.8) is 0 Å². The van der Waals surface area contributed by atoms with Crippen LogP contribution in [0.3, 0.4) is 0 Å². The van der Waals surface area contributed by atoms with E-state index in [0.717, 1.165) is 0 Å². The van der Waals surface area contributed by atoms with Gasteiger partial charge in [0.2, 0.25) is 0 Å². The van der Waals surface area contributed by atoms with Gasteiger partial charge in [0.1, 0.15) is 11.5 Å². The zero-order chi connectivity index (χ0) is 20.6. The monoisotopic (exact) mass is 389 g/mol. The minimum Gasteiger partial charge on any atom is -0.508 e. The molecule has 1 heterocycles. The molecule has 0 bridgehead atoms. The fourth-order valence-electron chi connectivity index (χ4n) is 3.27. The number of aliphatic carboxylic acids is 1. The number of ether oxygens (including phenoxy) is 1. The van der Waals surface area contributed by atoms with Crippen molar-refractivity contribution < 1.29 is 33.3 Å². The molecule has 0 spiro atoms. The number of carbonyl (C=O) groups excluding carboxylic acids is 1. The quantitative estimate of drug-likeness (QED) is 0.685. The molecule has 28 heavy (non-hydrogen) atoms. The Hall–Kier alpha value is -3.42. The van der Waals surface area contributed by atoms with Crippen molar-refractivity contribution >= 4 is 22.8 Å². The standard InChI is InChI=1S/C20H17F2NO5/c1-10(19(26)27)17-11(2)23(16-8-5-13(24)9-15(16)17)18(25)12-3-6-14(7-4-12)28-20(21)22/h3-10,20,24H,1-2H3,(H,26,27). The predicted molar refractivity (Wildman–Crippen MR) is 97.2 cm³/mol. The first kappa shape index (κ1) is 19.3. The number of nitrogens with zero attached hydrogens (tertiary/aromatic N) is 1. The number of alkyl halides is 2. The highest BCUT2D eigenvalue weighted by Crippen LogP contribution is 2.34. The molecular formula is C20H17F2NO5. The van der Waals surface area contributed by atoms with E-state index in [1.54, 1.807) is 6.92 Å². The van der Waals surface area contributed by atoms with Crippen LogP contribution in [0.5, 0.6) is 11.5 Å². The van der Waals surface area contributed by atoms with Crippen LogP contribution in [0.4, 0.5) is 8.78 Å².